The lowest BCUT2D eigenvalue weighted by Crippen LogP contribution is -1.97. The standard InChI is InChI=1S/C14H13FO2/c1-3-10-8(2)12(7-14(16)17)13-6-9(15)4-5-11(10)13/h3-6H,7H2,1-2H3,(H,16,17)/b10-3-. The van der Waals surface area contributed by atoms with Gasteiger partial charge in [0.15, 0.2) is 0 Å². The molecule has 17 heavy (non-hydrogen) atoms. The van der Waals surface area contributed by atoms with Crippen LogP contribution in [-0.2, 0) is 4.79 Å². The van der Waals surface area contributed by atoms with E-state index in [0.717, 1.165) is 16.7 Å². The Kier molecular flexibility index (Phi) is 2.84. The zero-order chi connectivity index (χ0) is 12.6. The van der Waals surface area contributed by atoms with Gasteiger partial charge in [-0.3, -0.25) is 4.79 Å². The van der Waals surface area contributed by atoms with Crippen LogP contribution in [0.3, 0.4) is 0 Å². The summed E-state index contributed by atoms with van der Waals surface area (Å²) in [6, 6.07) is 4.52. The largest absolute Gasteiger partial charge is 0.481 e. The van der Waals surface area contributed by atoms with E-state index in [2.05, 4.69) is 0 Å². The number of benzene rings is 1. The molecule has 0 amide bonds. The molecule has 1 aliphatic carbocycles. The van der Waals surface area contributed by atoms with Crippen molar-refractivity contribution in [3.8, 4) is 0 Å². The summed E-state index contributed by atoms with van der Waals surface area (Å²) in [6.07, 6.45) is 1.86. The molecule has 88 valence electrons. The highest BCUT2D eigenvalue weighted by Crippen LogP contribution is 2.42. The molecule has 0 saturated heterocycles. The van der Waals surface area contributed by atoms with Gasteiger partial charge in [0.1, 0.15) is 5.82 Å². The van der Waals surface area contributed by atoms with E-state index >= 15 is 0 Å². The molecule has 0 unspecified atom stereocenters. The highest BCUT2D eigenvalue weighted by atomic mass is 19.1. The molecule has 0 spiro atoms. The molecule has 0 bridgehead atoms. The predicted molar refractivity (Wildman–Crippen MR) is 64.9 cm³/mol. The maximum absolute atomic E-state index is 13.2. The Morgan fingerprint density at radius 2 is 2.12 bits per heavy atom. The van der Waals surface area contributed by atoms with Gasteiger partial charge in [-0.15, -0.1) is 0 Å². The van der Waals surface area contributed by atoms with Gasteiger partial charge in [-0.25, -0.2) is 4.39 Å². The SMILES string of the molecule is C/C=C1/C(C)=C(CC(=O)O)c2cc(F)ccc21. The molecule has 0 aromatic heterocycles. The second-order valence-corrected chi connectivity index (χ2v) is 4.07. The molecule has 1 N–H and O–H groups in total. The van der Waals surface area contributed by atoms with Gasteiger partial charge in [0.2, 0.25) is 0 Å². The third-order valence-electron chi connectivity index (χ3n) is 3.07. The van der Waals surface area contributed by atoms with Crippen LogP contribution in [0.15, 0.2) is 29.8 Å². The lowest BCUT2D eigenvalue weighted by atomic mass is 10.0. The van der Waals surface area contributed by atoms with E-state index in [-0.39, 0.29) is 12.2 Å². The highest BCUT2D eigenvalue weighted by molar-refractivity contribution is 6.03. The van der Waals surface area contributed by atoms with Gasteiger partial charge in [0.05, 0.1) is 6.42 Å². The lowest BCUT2D eigenvalue weighted by molar-refractivity contribution is -0.135. The lowest BCUT2D eigenvalue weighted by Gasteiger charge is -2.03. The number of carbonyl (C=O) groups is 1. The van der Waals surface area contributed by atoms with Crippen molar-refractivity contribution in [3.63, 3.8) is 0 Å². The molecule has 0 atom stereocenters. The first-order valence-corrected chi connectivity index (χ1v) is 5.43. The molecular formula is C14H13FO2. The van der Waals surface area contributed by atoms with E-state index in [1.165, 1.54) is 12.1 Å². The van der Waals surface area contributed by atoms with Gasteiger partial charge in [-0.1, -0.05) is 12.1 Å². The normalized spacial score (nSPS) is 16.5. The van der Waals surface area contributed by atoms with Crippen LogP contribution in [0.4, 0.5) is 4.39 Å². The van der Waals surface area contributed by atoms with Gasteiger partial charge >= 0.3 is 5.97 Å². The van der Waals surface area contributed by atoms with Crippen molar-refractivity contribution in [2.24, 2.45) is 0 Å². The van der Waals surface area contributed by atoms with Crippen molar-refractivity contribution < 1.29 is 14.3 Å². The van der Waals surface area contributed by atoms with Crippen molar-refractivity contribution >= 4 is 17.1 Å². The minimum absolute atomic E-state index is 0.0698. The summed E-state index contributed by atoms with van der Waals surface area (Å²) in [5, 5.41) is 8.90. The van der Waals surface area contributed by atoms with Crippen molar-refractivity contribution in [2.75, 3.05) is 0 Å². The third kappa shape index (κ3) is 1.88. The number of carboxylic acid groups (broad SMARTS) is 1. The van der Waals surface area contributed by atoms with Crippen molar-refractivity contribution in [3.05, 3.63) is 46.8 Å². The molecule has 0 fully saturated rings. The number of allylic oxidation sites excluding steroid dienone is 3. The molecule has 0 heterocycles. The fraction of sp³-hybridized carbons (Fsp3) is 0.214. The maximum Gasteiger partial charge on any atom is 0.307 e. The summed E-state index contributed by atoms with van der Waals surface area (Å²) in [6.45, 7) is 3.78. The van der Waals surface area contributed by atoms with Gasteiger partial charge in [-0.05, 0) is 53.8 Å². The second kappa shape index (κ2) is 4.17. The number of hydrogen-bond donors (Lipinski definition) is 1. The Bertz CT molecular complexity index is 553. The summed E-state index contributed by atoms with van der Waals surface area (Å²) >= 11 is 0. The second-order valence-electron chi connectivity index (χ2n) is 4.07. The van der Waals surface area contributed by atoms with Crippen molar-refractivity contribution in [1.29, 1.82) is 0 Å². The van der Waals surface area contributed by atoms with Crippen molar-refractivity contribution in [2.45, 2.75) is 20.3 Å². The Morgan fingerprint density at radius 1 is 1.41 bits per heavy atom. The topological polar surface area (TPSA) is 37.3 Å². The van der Waals surface area contributed by atoms with Crippen LogP contribution in [-0.4, -0.2) is 11.1 Å². The van der Waals surface area contributed by atoms with E-state index < -0.39 is 5.97 Å². The Hall–Kier alpha value is -1.90. The molecule has 0 radical (unpaired) electrons. The molecule has 1 aromatic rings. The fourth-order valence-corrected chi connectivity index (χ4v) is 2.32. The molecule has 2 nitrogen and oxygen atoms in total. The summed E-state index contributed by atoms with van der Waals surface area (Å²) in [5.74, 6) is -1.23. The fourth-order valence-electron chi connectivity index (χ4n) is 2.32. The monoisotopic (exact) mass is 232 g/mol. The first kappa shape index (κ1) is 11.6. The van der Waals surface area contributed by atoms with Crippen LogP contribution in [0.2, 0.25) is 0 Å². The summed E-state index contributed by atoms with van der Waals surface area (Å²) in [7, 11) is 0. The number of carboxylic acids is 1. The minimum atomic E-state index is -0.896. The van der Waals surface area contributed by atoms with Crippen LogP contribution in [0.25, 0.3) is 11.1 Å². The molecule has 0 aliphatic heterocycles. The number of hydrogen-bond acceptors (Lipinski definition) is 1. The minimum Gasteiger partial charge on any atom is -0.481 e. The van der Waals surface area contributed by atoms with Crippen LogP contribution in [0.5, 0.6) is 0 Å². The van der Waals surface area contributed by atoms with Gasteiger partial charge < -0.3 is 5.11 Å². The van der Waals surface area contributed by atoms with E-state index in [9.17, 15) is 9.18 Å². The molecule has 0 saturated carbocycles. The molecular weight excluding hydrogens is 219 g/mol. The quantitative estimate of drug-likeness (QED) is 0.847. The molecule has 1 aliphatic rings. The summed E-state index contributed by atoms with van der Waals surface area (Å²) in [5.41, 5.74) is 4.26. The van der Waals surface area contributed by atoms with Gasteiger partial charge in [-0.2, -0.15) is 0 Å². The zero-order valence-electron chi connectivity index (χ0n) is 9.75. The summed E-state index contributed by atoms with van der Waals surface area (Å²) in [4.78, 5) is 10.8. The number of fused-ring (bicyclic) bond motifs is 1. The first-order valence-electron chi connectivity index (χ1n) is 5.43. The number of aliphatic carboxylic acids is 1. The van der Waals surface area contributed by atoms with Crippen LogP contribution in [0.1, 0.15) is 31.4 Å². The zero-order valence-corrected chi connectivity index (χ0v) is 9.75. The average molecular weight is 232 g/mol. The summed E-state index contributed by atoms with van der Waals surface area (Å²) < 4.78 is 13.2. The average Bonchev–Trinajstić information content (AvgIpc) is 2.51. The van der Waals surface area contributed by atoms with Crippen LogP contribution >= 0.6 is 0 Å². The molecule has 3 heteroatoms. The van der Waals surface area contributed by atoms with Crippen molar-refractivity contribution in [1.82, 2.24) is 0 Å². The molecule has 2 rings (SSSR count). The smallest absolute Gasteiger partial charge is 0.307 e. The Morgan fingerprint density at radius 3 is 2.71 bits per heavy atom. The number of rotatable bonds is 2. The van der Waals surface area contributed by atoms with Gasteiger partial charge in [0.25, 0.3) is 0 Å². The Labute approximate surface area is 99.1 Å². The van der Waals surface area contributed by atoms with Crippen LogP contribution in [0, 0.1) is 5.82 Å². The Balaban J connectivity index is 2.63. The van der Waals surface area contributed by atoms with E-state index in [1.807, 2.05) is 19.9 Å². The van der Waals surface area contributed by atoms with E-state index in [4.69, 9.17) is 5.11 Å². The van der Waals surface area contributed by atoms with E-state index in [1.54, 1.807) is 6.07 Å². The third-order valence-corrected chi connectivity index (χ3v) is 3.07. The maximum atomic E-state index is 13.2. The highest BCUT2D eigenvalue weighted by Gasteiger charge is 2.24. The van der Waals surface area contributed by atoms with E-state index in [0.29, 0.717) is 11.1 Å². The predicted octanol–water partition coefficient (Wildman–Crippen LogP) is 3.49. The molecule has 1 aromatic carbocycles. The number of halogens is 1. The van der Waals surface area contributed by atoms with Crippen LogP contribution < -0.4 is 0 Å². The van der Waals surface area contributed by atoms with Gasteiger partial charge in [0, 0.05) is 0 Å². The first-order chi connectivity index (χ1) is 8.04.